The number of rotatable bonds is 6. The molecular weight excluding hydrogens is 415 g/mol. The van der Waals surface area contributed by atoms with Gasteiger partial charge in [-0.25, -0.2) is 0 Å². The number of hydrogen-bond acceptors (Lipinski definition) is 2. The second-order valence-electron chi connectivity index (χ2n) is 8.92. The highest BCUT2D eigenvalue weighted by Gasteiger charge is 2.65. The van der Waals surface area contributed by atoms with Gasteiger partial charge in [0, 0.05) is 25.3 Å². The first-order valence-electron chi connectivity index (χ1n) is 11.4. The van der Waals surface area contributed by atoms with Crippen molar-refractivity contribution in [1.82, 2.24) is 4.90 Å². The second-order valence-corrected chi connectivity index (χ2v) is 8.92. The first-order valence-corrected chi connectivity index (χ1v) is 11.4. The monoisotopic (exact) mass is 445 g/mol. The molecule has 4 atom stereocenters. The largest absolute Gasteiger partial charge is 0.430 e. The van der Waals surface area contributed by atoms with Crippen LogP contribution in [0.3, 0.4) is 0 Å². The number of hydrogen-bond donors (Lipinski definition) is 0. The molecule has 0 saturated carbocycles. The standard InChI is InChI=1S/C26H30F3NO2/c1-3-4-13-22-21-15-16-30(23(22)17-18-10-8-9-14-20(18)21)24(31)25(32-2,26(27,28)29)19-11-6-5-7-12-19/h5-12,14,21-23H,3-4,13,15-17H2,1-2H3/t21-,22+,23+,25-/m1/s1. The summed E-state index contributed by atoms with van der Waals surface area (Å²) < 4.78 is 48.8. The van der Waals surface area contributed by atoms with E-state index in [4.69, 9.17) is 4.74 Å². The molecule has 32 heavy (non-hydrogen) atoms. The van der Waals surface area contributed by atoms with Gasteiger partial charge in [-0.15, -0.1) is 0 Å². The van der Waals surface area contributed by atoms with Gasteiger partial charge in [-0.05, 0) is 42.2 Å². The minimum Gasteiger partial charge on any atom is -0.356 e. The van der Waals surface area contributed by atoms with Gasteiger partial charge in [0.1, 0.15) is 0 Å². The van der Waals surface area contributed by atoms with E-state index in [9.17, 15) is 18.0 Å². The molecule has 4 rings (SSSR count). The van der Waals surface area contributed by atoms with Crippen molar-refractivity contribution in [3.63, 3.8) is 0 Å². The molecule has 2 bridgehead atoms. The van der Waals surface area contributed by atoms with Crippen LogP contribution < -0.4 is 0 Å². The van der Waals surface area contributed by atoms with E-state index < -0.39 is 17.7 Å². The number of fused-ring (bicyclic) bond motifs is 4. The minimum atomic E-state index is -4.89. The van der Waals surface area contributed by atoms with Crippen LogP contribution in [0, 0.1) is 5.92 Å². The van der Waals surface area contributed by atoms with E-state index in [0.717, 1.165) is 31.9 Å². The summed E-state index contributed by atoms with van der Waals surface area (Å²) >= 11 is 0. The Morgan fingerprint density at radius 1 is 1.09 bits per heavy atom. The normalized spacial score (nSPS) is 24.5. The second kappa shape index (κ2) is 8.89. The lowest BCUT2D eigenvalue weighted by Crippen LogP contribution is -2.63. The van der Waals surface area contributed by atoms with E-state index in [1.807, 2.05) is 18.2 Å². The maximum Gasteiger partial charge on any atom is 0.430 e. The van der Waals surface area contributed by atoms with Crippen LogP contribution in [0.2, 0.25) is 0 Å². The zero-order chi connectivity index (χ0) is 22.9. The van der Waals surface area contributed by atoms with Gasteiger partial charge < -0.3 is 9.64 Å². The zero-order valence-corrected chi connectivity index (χ0v) is 18.6. The Morgan fingerprint density at radius 3 is 2.44 bits per heavy atom. The molecule has 1 amide bonds. The molecule has 0 spiro atoms. The summed E-state index contributed by atoms with van der Waals surface area (Å²) in [6.07, 6.45) is -0.724. The van der Waals surface area contributed by atoms with Crippen LogP contribution in [0.1, 0.15) is 55.2 Å². The van der Waals surface area contributed by atoms with Crippen molar-refractivity contribution in [3.05, 3.63) is 71.3 Å². The third-order valence-corrected chi connectivity index (χ3v) is 7.31. The van der Waals surface area contributed by atoms with Gasteiger partial charge in [0.25, 0.3) is 11.5 Å². The lowest BCUT2D eigenvalue weighted by atomic mass is 9.66. The highest BCUT2D eigenvalue weighted by molar-refractivity contribution is 5.88. The fourth-order valence-corrected chi connectivity index (χ4v) is 5.80. The lowest BCUT2D eigenvalue weighted by Gasteiger charge is -2.52. The minimum absolute atomic E-state index is 0.154. The predicted octanol–water partition coefficient (Wildman–Crippen LogP) is 5.84. The van der Waals surface area contributed by atoms with Crippen molar-refractivity contribution in [2.45, 2.75) is 62.8 Å². The first kappa shape index (κ1) is 22.8. The van der Waals surface area contributed by atoms with Crippen LogP contribution >= 0.6 is 0 Å². The molecule has 2 aromatic rings. The Kier molecular flexibility index (Phi) is 6.35. The fourth-order valence-electron chi connectivity index (χ4n) is 5.80. The van der Waals surface area contributed by atoms with Crippen molar-refractivity contribution in [1.29, 1.82) is 0 Å². The van der Waals surface area contributed by atoms with Gasteiger partial charge in [0.15, 0.2) is 0 Å². The number of ether oxygens (including phenoxy) is 1. The highest BCUT2D eigenvalue weighted by Crippen LogP contribution is 2.49. The van der Waals surface area contributed by atoms with E-state index in [2.05, 4.69) is 13.0 Å². The Morgan fingerprint density at radius 2 is 1.78 bits per heavy atom. The number of alkyl halides is 3. The molecule has 0 unspecified atom stereocenters. The number of amides is 1. The van der Waals surface area contributed by atoms with E-state index in [1.54, 1.807) is 6.07 Å². The van der Waals surface area contributed by atoms with Crippen molar-refractivity contribution in [2.75, 3.05) is 13.7 Å². The molecule has 172 valence electrons. The van der Waals surface area contributed by atoms with Crippen LogP contribution in [0.25, 0.3) is 0 Å². The van der Waals surface area contributed by atoms with Gasteiger partial charge in [0.2, 0.25) is 0 Å². The molecular formula is C26H30F3NO2. The smallest absolute Gasteiger partial charge is 0.356 e. The maximum absolute atomic E-state index is 14.6. The van der Waals surface area contributed by atoms with Crippen molar-refractivity contribution < 1.29 is 22.7 Å². The third-order valence-electron chi connectivity index (χ3n) is 7.31. The molecule has 2 aliphatic rings. The Hall–Kier alpha value is -2.34. The van der Waals surface area contributed by atoms with Gasteiger partial charge in [-0.1, -0.05) is 74.4 Å². The van der Waals surface area contributed by atoms with E-state index in [0.29, 0.717) is 19.4 Å². The van der Waals surface area contributed by atoms with Crippen LogP contribution in [0.5, 0.6) is 0 Å². The number of piperidine rings is 1. The molecule has 0 radical (unpaired) electrons. The molecule has 6 heteroatoms. The quantitative estimate of drug-likeness (QED) is 0.559. The number of unbranched alkanes of at least 4 members (excludes halogenated alkanes) is 1. The topological polar surface area (TPSA) is 29.5 Å². The number of nitrogens with zero attached hydrogens (tertiary/aromatic N) is 1. The van der Waals surface area contributed by atoms with Gasteiger partial charge in [-0.2, -0.15) is 13.2 Å². The maximum atomic E-state index is 14.6. The SMILES string of the molecule is CCCC[C@H]1[C@@H]2CCN(C(=O)[C@](OC)(c3ccccc3)C(F)(F)F)[C@H]1Cc1ccccc12. The van der Waals surface area contributed by atoms with E-state index in [-0.39, 0.29) is 23.4 Å². The molecule has 1 aliphatic heterocycles. The van der Waals surface area contributed by atoms with Crippen LogP contribution in [-0.4, -0.2) is 36.7 Å². The molecule has 0 N–H and O–H groups in total. The van der Waals surface area contributed by atoms with Crippen LogP contribution in [-0.2, 0) is 21.6 Å². The van der Waals surface area contributed by atoms with E-state index in [1.165, 1.54) is 34.7 Å². The summed E-state index contributed by atoms with van der Waals surface area (Å²) in [4.78, 5) is 15.3. The average molecular weight is 446 g/mol. The summed E-state index contributed by atoms with van der Waals surface area (Å²) in [6.45, 7) is 2.42. The Labute approximate surface area is 187 Å². The summed E-state index contributed by atoms with van der Waals surface area (Å²) in [5, 5.41) is 0. The van der Waals surface area contributed by atoms with Crippen molar-refractivity contribution in [2.24, 2.45) is 5.92 Å². The summed E-state index contributed by atoms with van der Waals surface area (Å²) in [5.41, 5.74) is -0.743. The van der Waals surface area contributed by atoms with Crippen LogP contribution in [0.4, 0.5) is 13.2 Å². The van der Waals surface area contributed by atoms with E-state index >= 15 is 0 Å². The van der Waals surface area contributed by atoms with Crippen LogP contribution in [0.15, 0.2) is 54.6 Å². The lowest BCUT2D eigenvalue weighted by molar-refractivity contribution is -0.272. The molecule has 2 aromatic carbocycles. The van der Waals surface area contributed by atoms with Gasteiger partial charge in [0.05, 0.1) is 0 Å². The summed E-state index contributed by atoms with van der Waals surface area (Å²) in [5.74, 6) is -0.566. The number of methoxy groups -OCH3 is 1. The molecule has 0 aromatic heterocycles. The zero-order valence-electron chi connectivity index (χ0n) is 18.6. The predicted molar refractivity (Wildman–Crippen MR) is 117 cm³/mol. The molecule has 1 aliphatic carbocycles. The van der Waals surface area contributed by atoms with Crippen molar-refractivity contribution in [3.8, 4) is 0 Å². The summed E-state index contributed by atoms with van der Waals surface area (Å²) in [6, 6.07) is 15.2. The number of carbonyl (C=O) groups excluding carboxylic acids is 1. The number of likely N-dealkylation sites (tertiary alicyclic amines) is 1. The molecule has 1 fully saturated rings. The average Bonchev–Trinajstić information content (AvgIpc) is 2.78. The van der Waals surface area contributed by atoms with Gasteiger partial charge >= 0.3 is 6.18 Å². The van der Waals surface area contributed by atoms with Crippen molar-refractivity contribution >= 4 is 5.91 Å². The molecule has 1 saturated heterocycles. The third kappa shape index (κ3) is 3.62. The number of carbonyl (C=O) groups is 1. The fraction of sp³-hybridized carbons (Fsp3) is 0.500. The Balaban J connectivity index is 1.77. The number of benzene rings is 2. The first-order chi connectivity index (χ1) is 15.3. The van der Waals surface area contributed by atoms with Gasteiger partial charge in [-0.3, -0.25) is 4.79 Å². The highest BCUT2D eigenvalue weighted by atomic mass is 19.4. The Bertz CT molecular complexity index is 946. The molecule has 3 nitrogen and oxygen atoms in total. The molecule has 1 heterocycles. The number of halogens is 3. The summed E-state index contributed by atoms with van der Waals surface area (Å²) in [7, 11) is 0.982.